The minimum atomic E-state index is -2.85. The fraction of sp³-hybridized carbons (Fsp3) is 0.350. The van der Waals surface area contributed by atoms with Gasteiger partial charge in [-0.25, -0.2) is 13.2 Å². The molecule has 0 saturated carbocycles. The Labute approximate surface area is 159 Å². The number of anilines is 1. The first-order chi connectivity index (χ1) is 12.9. The molecular formula is C20H24N2O4S. The van der Waals surface area contributed by atoms with Crippen LogP contribution < -0.4 is 15.4 Å². The van der Waals surface area contributed by atoms with Gasteiger partial charge in [-0.3, -0.25) is 0 Å². The Bertz CT molecular complexity index is 863. The summed E-state index contributed by atoms with van der Waals surface area (Å²) in [6.45, 7) is 0.421. The smallest absolute Gasteiger partial charge is 0.319 e. The third kappa shape index (κ3) is 5.47. The summed E-state index contributed by atoms with van der Waals surface area (Å²) in [5, 5.41) is 5.62. The van der Waals surface area contributed by atoms with Crippen molar-refractivity contribution in [2.75, 3.05) is 23.9 Å². The lowest BCUT2D eigenvalue weighted by atomic mass is 9.93. The second kappa shape index (κ2) is 8.43. The van der Waals surface area contributed by atoms with E-state index in [0.29, 0.717) is 25.1 Å². The van der Waals surface area contributed by atoms with Gasteiger partial charge in [-0.2, -0.15) is 0 Å². The summed E-state index contributed by atoms with van der Waals surface area (Å²) >= 11 is 0. The zero-order chi connectivity index (χ0) is 19.3. The number of benzene rings is 2. The Balaban J connectivity index is 1.49. The molecular weight excluding hydrogens is 364 g/mol. The van der Waals surface area contributed by atoms with Crippen molar-refractivity contribution in [3.05, 3.63) is 59.7 Å². The largest absolute Gasteiger partial charge is 0.497 e. The first-order valence-electron chi connectivity index (χ1n) is 8.93. The third-order valence-corrected chi connectivity index (χ3v) is 6.52. The number of nitrogens with one attached hydrogen (secondary N) is 2. The molecule has 0 spiro atoms. The molecule has 0 aromatic heterocycles. The van der Waals surface area contributed by atoms with Crippen LogP contribution in [0.15, 0.2) is 48.5 Å². The van der Waals surface area contributed by atoms with Gasteiger partial charge in [-0.1, -0.05) is 24.3 Å². The van der Waals surface area contributed by atoms with E-state index in [0.717, 1.165) is 16.9 Å². The summed E-state index contributed by atoms with van der Waals surface area (Å²) in [6, 6.07) is 14.9. The highest BCUT2D eigenvalue weighted by Crippen LogP contribution is 2.29. The lowest BCUT2D eigenvalue weighted by Crippen LogP contribution is -2.28. The molecule has 0 radical (unpaired) electrons. The van der Waals surface area contributed by atoms with Crippen LogP contribution in [0.5, 0.6) is 5.75 Å². The Morgan fingerprint density at radius 1 is 1.04 bits per heavy atom. The van der Waals surface area contributed by atoms with Crippen molar-refractivity contribution in [1.82, 2.24) is 5.32 Å². The lowest BCUT2D eigenvalue weighted by molar-refractivity contribution is 0.251. The number of rotatable bonds is 5. The summed E-state index contributed by atoms with van der Waals surface area (Å²) in [5.41, 5.74) is 2.80. The first kappa shape index (κ1) is 19.2. The van der Waals surface area contributed by atoms with Gasteiger partial charge in [0.1, 0.15) is 15.6 Å². The van der Waals surface area contributed by atoms with Crippen molar-refractivity contribution in [2.45, 2.75) is 25.3 Å². The van der Waals surface area contributed by atoms with Crippen molar-refractivity contribution in [3.8, 4) is 5.75 Å². The van der Waals surface area contributed by atoms with Crippen molar-refractivity contribution in [1.29, 1.82) is 0 Å². The maximum atomic E-state index is 12.1. The van der Waals surface area contributed by atoms with Gasteiger partial charge in [0.2, 0.25) is 0 Å². The molecule has 2 N–H and O–H groups in total. The van der Waals surface area contributed by atoms with Crippen LogP contribution in [0.25, 0.3) is 0 Å². The molecule has 1 aliphatic heterocycles. The summed E-state index contributed by atoms with van der Waals surface area (Å²) in [7, 11) is -1.24. The fourth-order valence-electron chi connectivity index (χ4n) is 3.16. The number of methoxy groups -OCH3 is 1. The molecule has 144 valence electrons. The molecule has 0 bridgehead atoms. The molecule has 0 atom stereocenters. The van der Waals surface area contributed by atoms with E-state index in [-0.39, 0.29) is 23.5 Å². The monoisotopic (exact) mass is 388 g/mol. The van der Waals surface area contributed by atoms with Crippen molar-refractivity contribution < 1.29 is 17.9 Å². The highest BCUT2D eigenvalue weighted by Gasteiger charge is 2.24. The molecule has 6 nitrogen and oxygen atoms in total. The standard InChI is InChI=1S/C20H24N2O4S/c1-26-19-8-2-15(3-9-19)14-21-20(23)22-18-6-4-16(5-7-18)17-10-12-27(24,25)13-11-17/h2-9,17H,10-14H2,1H3,(H2,21,22,23). The number of ether oxygens (including phenoxy) is 1. The SMILES string of the molecule is COc1ccc(CNC(=O)Nc2ccc(C3CCS(=O)(=O)CC3)cc2)cc1. The predicted octanol–water partition coefficient (Wildman–Crippen LogP) is 3.31. The van der Waals surface area contributed by atoms with Crippen LogP contribution >= 0.6 is 0 Å². The second-order valence-corrected chi connectivity index (χ2v) is 9.01. The molecule has 27 heavy (non-hydrogen) atoms. The van der Waals surface area contributed by atoms with Crippen LogP contribution in [0.3, 0.4) is 0 Å². The van der Waals surface area contributed by atoms with Gasteiger partial charge in [-0.15, -0.1) is 0 Å². The van der Waals surface area contributed by atoms with E-state index in [9.17, 15) is 13.2 Å². The van der Waals surface area contributed by atoms with E-state index >= 15 is 0 Å². The summed E-state index contributed by atoms with van der Waals surface area (Å²) in [4.78, 5) is 12.1. The average Bonchev–Trinajstić information content (AvgIpc) is 2.67. The molecule has 7 heteroatoms. The zero-order valence-electron chi connectivity index (χ0n) is 15.3. The van der Waals surface area contributed by atoms with E-state index in [1.54, 1.807) is 7.11 Å². The second-order valence-electron chi connectivity index (χ2n) is 6.70. The van der Waals surface area contributed by atoms with Gasteiger partial charge in [0.25, 0.3) is 0 Å². The van der Waals surface area contributed by atoms with E-state index in [1.165, 1.54) is 0 Å². The van der Waals surface area contributed by atoms with Crippen LogP contribution in [-0.4, -0.2) is 33.1 Å². The average molecular weight is 388 g/mol. The number of amides is 2. The number of sulfone groups is 1. The predicted molar refractivity (Wildman–Crippen MR) is 106 cm³/mol. The molecule has 0 unspecified atom stereocenters. The highest BCUT2D eigenvalue weighted by atomic mass is 32.2. The molecule has 0 aliphatic carbocycles. The van der Waals surface area contributed by atoms with Crippen LogP contribution in [0.1, 0.15) is 29.9 Å². The van der Waals surface area contributed by atoms with E-state index in [1.807, 2.05) is 48.5 Å². The van der Waals surface area contributed by atoms with Crippen LogP contribution in [0, 0.1) is 0 Å². The minimum absolute atomic E-state index is 0.255. The maximum Gasteiger partial charge on any atom is 0.319 e. The number of carbonyl (C=O) groups is 1. The van der Waals surface area contributed by atoms with Crippen molar-refractivity contribution in [2.24, 2.45) is 0 Å². The quantitative estimate of drug-likeness (QED) is 0.823. The van der Waals surface area contributed by atoms with Crippen LogP contribution in [0.4, 0.5) is 10.5 Å². The number of hydrogen-bond acceptors (Lipinski definition) is 4. The Morgan fingerprint density at radius 3 is 2.26 bits per heavy atom. The Hall–Kier alpha value is -2.54. The maximum absolute atomic E-state index is 12.1. The molecule has 1 heterocycles. The van der Waals surface area contributed by atoms with Gasteiger partial charge in [-0.05, 0) is 54.2 Å². The topological polar surface area (TPSA) is 84.5 Å². The lowest BCUT2D eigenvalue weighted by Gasteiger charge is -2.22. The fourth-order valence-corrected chi connectivity index (χ4v) is 4.65. The first-order valence-corrected chi connectivity index (χ1v) is 10.8. The normalized spacial score (nSPS) is 16.5. The minimum Gasteiger partial charge on any atom is -0.497 e. The molecule has 1 fully saturated rings. The molecule has 1 saturated heterocycles. The number of urea groups is 1. The van der Waals surface area contributed by atoms with E-state index in [4.69, 9.17) is 4.74 Å². The summed E-state index contributed by atoms with van der Waals surface area (Å²) in [5.74, 6) is 1.56. The zero-order valence-corrected chi connectivity index (χ0v) is 16.1. The summed E-state index contributed by atoms with van der Waals surface area (Å²) < 4.78 is 28.2. The molecule has 2 amide bonds. The van der Waals surface area contributed by atoms with Gasteiger partial charge in [0.05, 0.1) is 18.6 Å². The molecule has 2 aromatic rings. The van der Waals surface area contributed by atoms with Gasteiger partial charge >= 0.3 is 6.03 Å². The van der Waals surface area contributed by atoms with Gasteiger partial charge in [0.15, 0.2) is 0 Å². The molecule has 2 aromatic carbocycles. The van der Waals surface area contributed by atoms with Crippen LogP contribution in [-0.2, 0) is 16.4 Å². The number of carbonyl (C=O) groups excluding carboxylic acids is 1. The van der Waals surface area contributed by atoms with Crippen molar-refractivity contribution in [3.63, 3.8) is 0 Å². The van der Waals surface area contributed by atoms with E-state index < -0.39 is 9.84 Å². The third-order valence-electron chi connectivity index (χ3n) is 4.81. The summed E-state index contributed by atoms with van der Waals surface area (Å²) in [6.07, 6.45) is 1.33. The molecule has 3 rings (SSSR count). The number of hydrogen-bond donors (Lipinski definition) is 2. The van der Waals surface area contributed by atoms with Crippen molar-refractivity contribution >= 4 is 21.6 Å². The molecule has 1 aliphatic rings. The van der Waals surface area contributed by atoms with Crippen LogP contribution in [0.2, 0.25) is 0 Å². The highest BCUT2D eigenvalue weighted by molar-refractivity contribution is 7.91. The van der Waals surface area contributed by atoms with Gasteiger partial charge < -0.3 is 15.4 Å². The Morgan fingerprint density at radius 2 is 1.67 bits per heavy atom. The Kier molecular flexibility index (Phi) is 6.01. The van der Waals surface area contributed by atoms with Gasteiger partial charge in [0, 0.05) is 12.2 Å². The van der Waals surface area contributed by atoms with E-state index in [2.05, 4.69) is 10.6 Å².